The normalized spacial score (nSPS) is 47.8. The number of ketones is 1. The molecule has 0 aliphatic heterocycles. The zero-order valence-corrected chi connectivity index (χ0v) is 25.5. The maximum absolute atomic E-state index is 14.7. The third kappa shape index (κ3) is 2.89. The molecule has 0 unspecified atom stereocenters. The molecule has 0 amide bonds. The van der Waals surface area contributed by atoms with Crippen molar-refractivity contribution in [2.45, 2.75) is 98.8 Å². The Hall–Kier alpha value is -2.36. The van der Waals surface area contributed by atoms with E-state index in [0.29, 0.717) is 17.8 Å². The number of benzene rings is 1. The first-order valence-corrected chi connectivity index (χ1v) is 15.8. The number of H-pyrrole nitrogens is 1. The number of aliphatic carboxylic acids is 1. The number of para-hydroxylation sites is 1. The van der Waals surface area contributed by atoms with Crippen molar-refractivity contribution >= 4 is 22.7 Å². The first-order chi connectivity index (χ1) is 18.7. The van der Waals surface area contributed by atoms with Crippen molar-refractivity contribution < 1.29 is 14.7 Å². The second-order valence-corrected chi connectivity index (χ2v) is 16.0. The molecular weight excluding hydrogens is 494 g/mol. The van der Waals surface area contributed by atoms with Crippen LogP contribution in [0.15, 0.2) is 35.9 Å². The van der Waals surface area contributed by atoms with Crippen LogP contribution in [0.5, 0.6) is 0 Å². The Morgan fingerprint density at radius 2 is 1.70 bits per heavy atom. The highest BCUT2D eigenvalue weighted by Crippen LogP contribution is 2.75. The molecule has 1 aromatic carbocycles. The molecule has 5 aliphatic rings. The van der Waals surface area contributed by atoms with Crippen molar-refractivity contribution in [3.8, 4) is 0 Å². The molecule has 0 bridgehead atoms. The summed E-state index contributed by atoms with van der Waals surface area (Å²) >= 11 is 0. The van der Waals surface area contributed by atoms with Crippen LogP contribution >= 0.6 is 0 Å². The van der Waals surface area contributed by atoms with Gasteiger partial charge in [0.1, 0.15) is 5.41 Å². The topological polar surface area (TPSA) is 70.2 Å². The molecule has 214 valence electrons. The van der Waals surface area contributed by atoms with Gasteiger partial charge < -0.3 is 10.1 Å². The molecule has 1 heterocycles. The van der Waals surface area contributed by atoms with Gasteiger partial charge in [-0.05, 0) is 115 Å². The average molecular weight is 542 g/mol. The summed E-state index contributed by atoms with van der Waals surface area (Å²) in [7, 11) is 0. The van der Waals surface area contributed by atoms with Gasteiger partial charge in [0.15, 0.2) is 5.78 Å². The predicted molar refractivity (Wildman–Crippen MR) is 159 cm³/mol. The molecule has 40 heavy (non-hydrogen) atoms. The maximum atomic E-state index is 14.7. The van der Waals surface area contributed by atoms with E-state index in [9.17, 15) is 14.7 Å². The number of aromatic amines is 1. The van der Waals surface area contributed by atoms with Crippen molar-refractivity contribution in [2.75, 3.05) is 0 Å². The number of aromatic nitrogens is 1. The van der Waals surface area contributed by atoms with Gasteiger partial charge in [0.25, 0.3) is 0 Å². The number of allylic oxidation sites excluding steroid dienone is 2. The van der Waals surface area contributed by atoms with Crippen LogP contribution in [0.2, 0.25) is 0 Å². The van der Waals surface area contributed by atoms with E-state index in [4.69, 9.17) is 0 Å². The lowest BCUT2D eigenvalue weighted by molar-refractivity contribution is -0.181. The van der Waals surface area contributed by atoms with Gasteiger partial charge in [0, 0.05) is 22.5 Å². The van der Waals surface area contributed by atoms with Gasteiger partial charge in [-0.3, -0.25) is 9.59 Å². The fourth-order valence-electron chi connectivity index (χ4n) is 11.9. The number of hydrogen-bond donors (Lipinski definition) is 2. The Balaban J connectivity index is 1.43. The van der Waals surface area contributed by atoms with Gasteiger partial charge in [-0.25, -0.2) is 0 Å². The number of fused-ring (bicyclic) bond motifs is 10. The summed E-state index contributed by atoms with van der Waals surface area (Å²) in [4.78, 5) is 31.5. The van der Waals surface area contributed by atoms with Gasteiger partial charge in [-0.1, -0.05) is 65.3 Å². The molecule has 1 aromatic heterocycles. The molecule has 0 radical (unpaired) electrons. The van der Waals surface area contributed by atoms with Crippen LogP contribution in [0.25, 0.3) is 10.9 Å². The number of rotatable bonds is 1. The van der Waals surface area contributed by atoms with E-state index in [0.717, 1.165) is 47.8 Å². The summed E-state index contributed by atoms with van der Waals surface area (Å²) in [5, 5.41) is 12.0. The number of hydrogen-bond acceptors (Lipinski definition) is 2. The van der Waals surface area contributed by atoms with Crippen LogP contribution in [0, 0.1) is 51.2 Å². The summed E-state index contributed by atoms with van der Waals surface area (Å²) in [6, 6.07) is 8.23. The molecule has 4 nitrogen and oxygen atoms in total. The molecular formula is C36H47NO3. The average Bonchev–Trinajstić information content (AvgIpc) is 3.26. The quantitative estimate of drug-likeness (QED) is 0.383. The summed E-state index contributed by atoms with van der Waals surface area (Å²) in [5.41, 5.74) is 2.95. The third-order valence-corrected chi connectivity index (χ3v) is 14.4. The largest absolute Gasteiger partial charge is 0.481 e. The second-order valence-electron chi connectivity index (χ2n) is 16.0. The monoisotopic (exact) mass is 541 g/mol. The van der Waals surface area contributed by atoms with E-state index < -0.39 is 16.8 Å². The smallest absolute Gasteiger partial charge is 0.315 e. The second kappa shape index (κ2) is 7.92. The van der Waals surface area contributed by atoms with Crippen LogP contribution in [-0.4, -0.2) is 21.8 Å². The molecule has 2 N–H and O–H groups in total. The standard InChI is InChI=1S/C36H47NO3/c1-20-12-14-32(3)16-17-34(5)24(28(32)21(20)2)18-26(38)29-33(4)19-23-22-10-8-9-11-25(22)37-30(23)36(7,31(39)40)27(33)13-15-35(29,34)6/h8-11,18,20-21,27-29,37H,12-17,19H2,1-7H3,(H,39,40)/t20-,21+,27-,28+,29-,32-,33+,34-,35-,36-/m1/s1. The Bertz CT molecular complexity index is 1480. The van der Waals surface area contributed by atoms with Gasteiger partial charge >= 0.3 is 5.97 Å². The molecule has 3 saturated carbocycles. The van der Waals surface area contributed by atoms with Crippen molar-refractivity contribution in [2.24, 2.45) is 51.2 Å². The Kier molecular flexibility index (Phi) is 5.26. The minimum absolute atomic E-state index is 0.0465. The first kappa shape index (κ1) is 26.5. The first-order valence-electron chi connectivity index (χ1n) is 15.8. The van der Waals surface area contributed by atoms with Crippen LogP contribution in [-0.2, 0) is 21.4 Å². The lowest BCUT2D eigenvalue weighted by atomic mass is 9.33. The van der Waals surface area contributed by atoms with Gasteiger partial charge in [0.2, 0.25) is 0 Å². The van der Waals surface area contributed by atoms with Crippen LogP contribution in [0.3, 0.4) is 0 Å². The SMILES string of the molecule is C[C@H]1[C@H](C)CC[C@]2(C)CC[C@]3(C)C(=CC(=O)[C@@H]4[C@@]5(C)Cc6c([nH]c7ccccc67)[C@](C)(C(=O)O)[C@@H]5CC[C@]43C)[C@H]12. The van der Waals surface area contributed by atoms with E-state index in [1.165, 1.54) is 24.8 Å². The molecule has 4 heteroatoms. The molecule has 5 aliphatic carbocycles. The fraction of sp³-hybridized carbons (Fsp3) is 0.667. The van der Waals surface area contributed by atoms with Crippen molar-refractivity contribution in [1.29, 1.82) is 0 Å². The Labute approximate surface area is 239 Å². The van der Waals surface area contributed by atoms with E-state index in [1.54, 1.807) is 0 Å². The summed E-state index contributed by atoms with van der Waals surface area (Å²) in [5.74, 6) is 0.901. The number of carboxylic acids is 1. The molecule has 0 saturated heterocycles. The minimum atomic E-state index is -1.06. The van der Waals surface area contributed by atoms with Crippen LogP contribution in [0.1, 0.15) is 98.2 Å². The van der Waals surface area contributed by atoms with E-state index in [2.05, 4.69) is 64.7 Å². The van der Waals surface area contributed by atoms with Crippen molar-refractivity contribution in [1.82, 2.24) is 4.98 Å². The molecule has 0 spiro atoms. The number of carbonyl (C=O) groups excluding carboxylic acids is 1. The number of carbonyl (C=O) groups is 2. The van der Waals surface area contributed by atoms with E-state index >= 15 is 0 Å². The van der Waals surface area contributed by atoms with Crippen LogP contribution < -0.4 is 0 Å². The maximum Gasteiger partial charge on any atom is 0.315 e. The lowest BCUT2D eigenvalue weighted by Crippen LogP contribution is -2.67. The summed E-state index contributed by atoms with van der Waals surface area (Å²) in [6.45, 7) is 16.5. The highest BCUT2D eigenvalue weighted by molar-refractivity contribution is 5.97. The summed E-state index contributed by atoms with van der Waals surface area (Å²) in [6.07, 6.45) is 9.51. The van der Waals surface area contributed by atoms with Gasteiger partial charge in [-0.15, -0.1) is 0 Å². The predicted octanol–water partition coefficient (Wildman–Crippen LogP) is 8.10. The lowest BCUT2D eigenvalue weighted by Gasteiger charge is -2.70. The van der Waals surface area contributed by atoms with Gasteiger partial charge in [0.05, 0.1) is 0 Å². The minimum Gasteiger partial charge on any atom is -0.481 e. The van der Waals surface area contributed by atoms with E-state index in [-0.39, 0.29) is 33.9 Å². The fourth-order valence-corrected chi connectivity index (χ4v) is 11.9. The van der Waals surface area contributed by atoms with Crippen LogP contribution in [0.4, 0.5) is 0 Å². The molecule has 7 rings (SSSR count). The Morgan fingerprint density at radius 3 is 2.42 bits per heavy atom. The zero-order valence-electron chi connectivity index (χ0n) is 25.5. The van der Waals surface area contributed by atoms with E-state index in [1.807, 2.05) is 19.1 Å². The third-order valence-electron chi connectivity index (χ3n) is 14.4. The number of nitrogens with one attached hydrogen (secondary N) is 1. The summed E-state index contributed by atoms with van der Waals surface area (Å²) < 4.78 is 0. The Morgan fingerprint density at radius 1 is 0.975 bits per heavy atom. The van der Waals surface area contributed by atoms with Crippen molar-refractivity contribution in [3.05, 3.63) is 47.2 Å². The highest BCUT2D eigenvalue weighted by atomic mass is 16.4. The molecule has 2 aromatic rings. The highest BCUT2D eigenvalue weighted by Gasteiger charge is 2.71. The van der Waals surface area contributed by atoms with Gasteiger partial charge in [-0.2, -0.15) is 0 Å². The van der Waals surface area contributed by atoms with Crippen molar-refractivity contribution in [3.63, 3.8) is 0 Å². The number of carboxylic acid groups (broad SMARTS) is 1. The zero-order chi connectivity index (χ0) is 28.6. The molecule has 10 atom stereocenters. The molecule has 3 fully saturated rings.